The first-order valence-corrected chi connectivity index (χ1v) is 4.61. The number of hydrogen-bond acceptors (Lipinski definition) is 4. The summed E-state index contributed by atoms with van der Waals surface area (Å²) in [5.74, 6) is -0.735. The molecule has 88 valence electrons. The van der Waals surface area contributed by atoms with Gasteiger partial charge < -0.3 is 5.73 Å². The average molecular weight is 235 g/mol. The molecule has 1 amide bonds. The lowest BCUT2D eigenvalue weighted by atomic mass is 10.1. The number of benzene rings is 1. The van der Waals surface area contributed by atoms with Gasteiger partial charge in [-0.1, -0.05) is 17.2 Å². The molecule has 0 aliphatic heterocycles. The lowest BCUT2D eigenvalue weighted by Crippen LogP contribution is -2.28. The number of rotatable bonds is 5. The van der Waals surface area contributed by atoms with E-state index in [2.05, 4.69) is 10.0 Å². The number of non-ortho nitro benzene ring substituents is 1. The summed E-state index contributed by atoms with van der Waals surface area (Å²) in [5.41, 5.74) is 13.9. The predicted molar refractivity (Wildman–Crippen MR) is 58.9 cm³/mol. The molecule has 1 aromatic rings. The number of nitro groups is 1. The van der Waals surface area contributed by atoms with Crippen LogP contribution in [0.4, 0.5) is 5.69 Å². The Balaban J connectivity index is 2.83. The minimum Gasteiger partial charge on any atom is -0.369 e. The largest absolute Gasteiger partial charge is 0.369 e. The first-order chi connectivity index (χ1) is 8.04. The summed E-state index contributed by atoms with van der Waals surface area (Å²) in [7, 11) is 0. The van der Waals surface area contributed by atoms with E-state index in [0.717, 1.165) is 0 Å². The summed E-state index contributed by atoms with van der Waals surface area (Å²) in [6, 6.07) is 4.61. The Morgan fingerprint density at radius 1 is 1.53 bits per heavy atom. The monoisotopic (exact) mass is 235 g/mol. The van der Waals surface area contributed by atoms with E-state index >= 15 is 0 Å². The molecule has 2 N–H and O–H groups in total. The highest BCUT2D eigenvalue weighted by molar-refractivity contribution is 5.80. The van der Waals surface area contributed by atoms with Gasteiger partial charge in [0.05, 0.1) is 4.92 Å². The predicted octanol–water partition coefficient (Wildman–Crippen LogP) is 1.30. The van der Waals surface area contributed by atoms with Gasteiger partial charge in [0.15, 0.2) is 0 Å². The van der Waals surface area contributed by atoms with Crippen molar-refractivity contribution in [3.8, 4) is 0 Å². The van der Waals surface area contributed by atoms with E-state index in [-0.39, 0.29) is 12.1 Å². The molecule has 8 heteroatoms. The standard InChI is InChI=1S/C9H9N5O3/c10-9(15)8(12-13-11)5-6-1-3-7(4-2-6)14(16)17/h1-4,8H,5H2,(H2,10,15)/t8-/m0/s1. The van der Waals surface area contributed by atoms with Crippen molar-refractivity contribution < 1.29 is 9.72 Å². The molecule has 1 atom stereocenters. The van der Waals surface area contributed by atoms with Crippen LogP contribution >= 0.6 is 0 Å². The first-order valence-electron chi connectivity index (χ1n) is 4.61. The van der Waals surface area contributed by atoms with Gasteiger partial charge in [-0.3, -0.25) is 14.9 Å². The molecule has 0 saturated carbocycles. The molecular formula is C9H9N5O3. The number of nitrogens with two attached hydrogens (primary N) is 1. The van der Waals surface area contributed by atoms with Crippen LogP contribution in [0.2, 0.25) is 0 Å². The van der Waals surface area contributed by atoms with Gasteiger partial charge in [0.2, 0.25) is 5.91 Å². The lowest BCUT2D eigenvalue weighted by molar-refractivity contribution is -0.384. The number of nitrogens with zero attached hydrogens (tertiary/aromatic N) is 4. The van der Waals surface area contributed by atoms with Crippen LogP contribution in [0.1, 0.15) is 5.56 Å². The highest BCUT2D eigenvalue weighted by atomic mass is 16.6. The van der Waals surface area contributed by atoms with Gasteiger partial charge in [-0.2, -0.15) is 0 Å². The SMILES string of the molecule is [N-]=[N+]=N[C@@H](Cc1ccc([N+](=O)[O-])cc1)C(N)=O. The molecule has 0 aromatic heterocycles. The van der Waals surface area contributed by atoms with Crippen LogP contribution in [0.25, 0.3) is 10.4 Å². The Bertz CT molecular complexity index is 476. The van der Waals surface area contributed by atoms with Gasteiger partial charge in [-0.05, 0) is 17.5 Å². The van der Waals surface area contributed by atoms with Gasteiger partial charge in [-0.15, -0.1) is 0 Å². The van der Waals surface area contributed by atoms with Crippen molar-refractivity contribution in [3.63, 3.8) is 0 Å². The molecule has 0 fully saturated rings. The van der Waals surface area contributed by atoms with Crippen LogP contribution in [0.15, 0.2) is 29.4 Å². The molecule has 1 rings (SSSR count). The smallest absolute Gasteiger partial charge is 0.269 e. The zero-order valence-corrected chi connectivity index (χ0v) is 8.68. The Labute approximate surface area is 95.8 Å². The molecule has 0 aliphatic rings. The van der Waals surface area contributed by atoms with Crippen molar-refractivity contribution in [3.05, 3.63) is 50.4 Å². The highest BCUT2D eigenvalue weighted by Gasteiger charge is 2.14. The molecule has 1 aromatic carbocycles. The molecule has 17 heavy (non-hydrogen) atoms. The molecule has 0 saturated heterocycles. The Hall–Kier alpha value is -2.60. The number of nitro benzene ring substituents is 1. The summed E-state index contributed by atoms with van der Waals surface area (Å²) in [4.78, 5) is 23.3. The van der Waals surface area contributed by atoms with E-state index in [0.29, 0.717) is 5.56 Å². The molecule has 0 spiro atoms. The first kappa shape index (κ1) is 12.5. The van der Waals surface area contributed by atoms with Crippen molar-refractivity contribution in [2.45, 2.75) is 12.5 Å². The second kappa shape index (κ2) is 5.47. The van der Waals surface area contributed by atoms with Gasteiger partial charge in [0, 0.05) is 17.0 Å². The second-order valence-electron chi connectivity index (χ2n) is 3.25. The number of hydrogen-bond donors (Lipinski definition) is 1. The van der Waals surface area contributed by atoms with Crippen LogP contribution in [0.3, 0.4) is 0 Å². The number of carbonyl (C=O) groups excluding carboxylic acids is 1. The lowest BCUT2D eigenvalue weighted by Gasteiger charge is -2.06. The van der Waals surface area contributed by atoms with Crippen LogP contribution in [0, 0.1) is 10.1 Å². The normalized spacial score (nSPS) is 11.3. The number of amides is 1. The van der Waals surface area contributed by atoms with Gasteiger partial charge in [0.25, 0.3) is 5.69 Å². The maximum absolute atomic E-state index is 10.9. The molecule has 0 aliphatic carbocycles. The number of primary amides is 1. The third-order valence-corrected chi connectivity index (χ3v) is 2.10. The Morgan fingerprint density at radius 3 is 2.53 bits per heavy atom. The number of carbonyl (C=O) groups is 1. The molecule has 0 heterocycles. The van der Waals surface area contributed by atoms with E-state index in [1.807, 2.05) is 0 Å². The summed E-state index contributed by atoms with van der Waals surface area (Å²) >= 11 is 0. The zero-order valence-electron chi connectivity index (χ0n) is 8.68. The third kappa shape index (κ3) is 3.47. The van der Waals surface area contributed by atoms with Gasteiger partial charge >= 0.3 is 0 Å². The van der Waals surface area contributed by atoms with Crippen molar-refractivity contribution in [1.82, 2.24) is 0 Å². The fourth-order valence-electron chi connectivity index (χ4n) is 1.24. The summed E-state index contributed by atoms with van der Waals surface area (Å²) in [6.07, 6.45) is 0.122. The topological polar surface area (TPSA) is 135 Å². The molecule has 0 radical (unpaired) electrons. The van der Waals surface area contributed by atoms with Crippen LogP contribution in [-0.4, -0.2) is 16.9 Å². The zero-order chi connectivity index (χ0) is 12.8. The molecule has 8 nitrogen and oxygen atoms in total. The maximum Gasteiger partial charge on any atom is 0.269 e. The minimum absolute atomic E-state index is 0.0480. The van der Waals surface area contributed by atoms with Crippen molar-refractivity contribution >= 4 is 11.6 Å². The van der Waals surface area contributed by atoms with E-state index < -0.39 is 16.9 Å². The van der Waals surface area contributed by atoms with Crippen LogP contribution in [-0.2, 0) is 11.2 Å². The van der Waals surface area contributed by atoms with E-state index in [9.17, 15) is 14.9 Å². The van der Waals surface area contributed by atoms with Gasteiger partial charge in [0.1, 0.15) is 6.04 Å². The van der Waals surface area contributed by atoms with E-state index in [1.54, 1.807) is 0 Å². The van der Waals surface area contributed by atoms with Crippen molar-refractivity contribution in [1.29, 1.82) is 0 Å². The van der Waals surface area contributed by atoms with E-state index in [4.69, 9.17) is 11.3 Å². The number of azide groups is 1. The van der Waals surface area contributed by atoms with Crippen LogP contribution < -0.4 is 5.73 Å². The second-order valence-corrected chi connectivity index (χ2v) is 3.25. The average Bonchev–Trinajstić information content (AvgIpc) is 2.29. The molecule has 0 bridgehead atoms. The van der Waals surface area contributed by atoms with Crippen LogP contribution in [0.5, 0.6) is 0 Å². The fraction of sp³-hybridized carbons (Fsp3) is 0.222. The van der Waals surface area contributed by atoms with Crippen molar-refractivity contribution in [2.24, 2.45) is 10.8 Å². The maximum atomic E-state index is 10.9. The Morgan fingerprint density at radius 2 is 2.12 bits per heavy atom. The molecular weight excluding hydrogens is 226 g/mol. The Kier molecular flexibility index (Phi) is 4.02. The van der Waals surface area contributed by atoms with Gasteiger partial charge in [-0.25, -0.2) is 0 Å². The fourth-order valence-corrected chi connectivity index (χ4v) is 1.24. The van der Waals surface area contributed by atoms with Crippen molar-refractivity contribution in [2.75, 3.05) is 0 Å². The highest BCUT2D eigenvalue weighted by Crippen LogP contribution is 2.14. The minimum atomic E-state index is -0.985. The quantitative estimate of drug-likeness (QED) is 0.271. The summed E-state index contributed by atoms with van der Waals surface area (Å²) < 4.78 is 0. The molecule has 0 unspecified atom stereocenters. The summed E-state index contributed by atoms with van der Waals surface area (Å²) in [5, 5.41) is 13.7. The van der Waals surface area contributed by atoms with E-state index in [1.165, 1.54) is 24.3 Å². The summed E-state index contributed by atoms with van der Waals surface area (Å²) in [6.45, 7) is 0. The third-order valence-electron chi connectivity index (χ3n) is 2.10.